The number of benzene rings is 1. The van der Waals surface area contributed by atoms with Crippen LogP contribution in [0.25, 0.3) is 0 Å². The van der Waals surface area contributed by atoms with Gasteiger partial charge >= 0.3 is 6.03 Å². The molecule has 1 amide bonds. The maximum atomic E-state index is 12.9. The van der Waals surface area contributed by atoms with Crippen molar-refractivity contribution < 1.29 is 14.3 Å². The molecular weight excluding hydrogens is 354 g/mol. The van der Waals surface area contributed by atoms with Crippen molar-refractivity contribution in [3.63, 3.8) is 0 Å². The second kappa shape index (κ2) is 7.59. The van der Waals surface area contributed by atoms with E-state index in [1.54, 1.807) is 11.8 Å². The molecule has 1 aromatic heterocycles. The second-order valence-corrected chi connectivity index (χ2v) is 7.82. The average Bonchev–Trinajstić information content (AvgIpc) is 3.29. The van der Waals surface area contributed by atoms with Gasteiger partial charge in [-0.05, 0) is 62.3 Å². The summed E-state index contributed by atoms with van der Waals surface area (Å²) in [6, 6.07) is 2.20. The number of fused-ring (bicyclic) bond motifs is 1. The molecule has 0 N–H and O–H groups in total. The minimum Gasteiger partial charge on any atom is -0.496 e. The van der Waals surface area contributed by atoms with Gasteiger partial charge in [-0.25, -0.2) is 4.79 Å². The first kappa shape index (κ1) is 19.0. The maximum absolute atomic E-state index is 12.9. The number of hydrogen-bond acceptors (Lipinski definition) is 4. The molecule has 0 spiro atoms. The summed E-state index contributed by atoms with van der Waals surface area (Å²) in [5.41, 5.74) is 8.34. The second-order valence-electron chi connectivity index (χ2n) is 7.82. The Bertz CT molecular complexity index is 910. The Labute approximate surface area is 166 Å². The average molecular weight is 383 g/mol. The molecule has 0 radical (unpaired) electrons. The Kier molecular flexibility index (Phi) is 5.15. The first-order valence-corrected chi connectivity index (χ1v) is 10.1. The molecule has 2 aromatic rings. The van der Waals surface area contributed by atoms with E-state index in [0.29, 0.717) is 26.3 Å². The molecule has 0 bridgehead atoms. The van der Waals surface area contributed by atoms with Gasteiger partial charge in [-0.2, -0.15) is 9.78 Å². The summed E-state index contributed by atoms with van der Waals surface area (Å²) in [6.07, 6.45) is 4.16. The van der Waals surface area contributed by atoms with E-state index < -0.39 is 0 Å². The highest BCUT2D eigenvalue weighted by atomic mass is 16.5. The number of rotatable bonds is 3. The summed E-state index contributed by atoms with van der Waals surface area (Å²) in [7, 11) is 1.76. The molecule has 1 fully saturated rings. The Morgan fingerprint density at radius 3 is 2.61 bits per heavy atom. The number of amides is 1. The molecule has 1 saturated heterocycles. The normalized spacial score (nSPS) is 16.4. The Morgan fingerprint density at radius 1 is 1.18 bits per heavy atom. The van der Waals surface area contributed by atoms with Crippen molar-refractivity contribution in [1.82, 2.24) is 14.7 Å². The molecule has 6 heteroatoms. The number of carbonyl (C=O) groups is 1. The fourth-order valence-corrected chi connectivity index (χ4v) is 4.64. The Morgan fingerprint density at radius 2 is 1.89 bits per heavy atom. The van der Waals surface area contributed by atoms with Crippen molar-refractivity contribution >= 4 is 6.03 Å². The number of nitrogens with zero attached hydrogens (tertiary/aromatic N) is 3. The molecule has 0 atom stereocenters. The quantitative estimate of drug-likeness (QED) is 0.817. The van der Waals surface area contributed by atoms with Crippen LogP contribution in [0.2, 0.25) is 0 Å². The molecule has 2 heterocycles. The van der Waals surface area contributed by atoms with Gasteiger partial charge in [0.05, 0.1) is 26.0 Å². The molecule has 1 aliphatic carbocycles. The molecule has 1 aromatic carbocycles. The summed E-state index contributed by atoms with van der Waals surface area (Å²) in [4.78, 5) is 14.7. The van der Waals surface area contributed by atoms with Crippen molar-refractivity contribution in [1.29, 1.82) is 0 Å². The fraction of sp³-hybridized carbons (Fsp3) is 0.545. The zero-order valence-corrected chi connectivity index (χ0v) is 17.3. The van der Waals surface area contributed by atoms with Crippen LogP contribution in [0.3, 0.4) is 0 Å². The van der Waals surface area contributed by atoms with Gasteiger partial charge in [-0.15, -0.1) is 0 Å². The van der Waals surface area contributed by atoms with E-state index in [4.69, 9.17) is 9.47 Å². The van der Waals surface area contributed by atoms with Crippen LogP contribution < -0.4 is 4.74 Å². The Hall–Kier alpha value is -2.34. The van der Waals surface area contributed by atoms with Crippen LogP contribution >= 0.6 is 0 Å². The van der Waals surface area contributed by atoms with Gasteiger partial charge in [0.2, 0.25) is 0 Å². The number of methoxy groups -OCH3 is 1. The predicted molar refractivity (Wildman–Crippen MR) is 107 cm³/mol. The Balaban J connectivity index is 1.67. The molecule has 0 unspecified atom stereocenters. The largest absolute Gasteiger partial charge is 0.496 e. The topological polar surface area (TPSA) is 56.6 Å². The number of hydrogen-bond donors (Lipinski definition) is 0. The van der Waals surface area contributed by atoms with Crippen LogP contribution in [0, 0.1) is 20.8 Å². The lowest BCUT2D eigenvalue weighted by Gasteiger charge is -2.26. The third-order valence-corrected chi connectivity index (χ3v) is 6.10. The highest BCUT2D eigenvalue weighted by molar-refractivity contribution is 5.77. The van der Waals surface area contributed by atoms with Gasteiger partial charge in [0.1, 0.15) is 5.75 Å². The van der Waals surface area contributed by atoms with Gasteiger partial charge in [-0.3, -0.25) is 0 Å². The van der Waals surface area contributed by atoms with Crippen LogP contribution in [0.4, 0.5) is 4.79 Å². The van der Waals surface area contributed by atoms with Gasteiger partial charge in [0, 0.05) is 30.8 Å². The highest BCUT2D eigenvalue weighted by Gasteiger charge is 2.26. The molecule has 1 aliphatic heterocycles. The van der Waals surface area contributed by atoms with Gasteiger partial charge in [-0.1, -0.05) is 6.07 Å². The van der Waals surface area contributed by atoms with Gasteiger partial charge in [0.25, 0.3) is 0 Å². The van der Waals surface area contributed by atoms with Crippen molar-refractivity contribution in [3.8, 4) is 5.75 Å². The number of aromatic nitrogens is 2. The van der Waals surface area contributed by atoms with Crippen molar-refractivity contribution in [3.05, 3.63) is 45.3 Å². The van der Waals surface area contributed by atoms with E-state index in [1.807, 2.05) is 18.7 Å². The van der Waals surface area contributed by atoms with Crippen molar-refractivity contribution in [2.24, 2.45) is 0 Å². The lowest BCUT2D eigenvalue weighted by Crippen LogP contribution is -2.43. The molecule has 28 heavy (non-hydrogen) atoms. The minimum atomic E-state index is -0.0497. The summed E-state index contributed by atoms with van der Waals surface area (Å²) in [5.74, 6) is 1.04. The smallest absolute Gasteiger partial charge is 0.345 e. The lowest BCUT2D eigenvalue weighted by molar-refractivity contribution is 0.0527. The number of ether oxygens (including phenoxy) is 2. The predicted octanol–water partition coefficient (Wildman–Crippen LogP) is 3.20. The van der Waals surface area contributed by atoms with E-state index in [2.05, 4.69) is 18.1 Å². The first-order chi connectivity index (χ1) is 13.5. The molecule has 4 rings (SSSR count). The maximum Gasteiger partial charge on any atom is 0.345 e. The summed E-state index contributed by atoms with van der Waals surface area (Å²) < 4.78 is 12.6. The SMILES string of the molecule is COc1c(C)cc(Cc2c(C)nn(C(=O)N3CCOCC3)c2C)c2c1CCC2. The van der Waals surface area contributed by atoms with Gasteiger partial charge in [0.15, 0.2) is 0 Å². The first-order valence-electron chi connectivity index (χ1n) is 10.1. The standard InChI is InChI=1S/C22H29N3O3/c1-14-12-17(18-6-5-7-19(18)21(14)27-4)13-20-15(2)23-25(16(20)3)22(26)24-8-10-28-11-9-24/h12H,5-11,13H2,1-4H3. The summed E-state index contributed by atoms with van der Waals surface area (Å²) >= 11 is 0. The highest BCUT2D eigenvalue weighted by Crippen LogP contribution is 2.37. The lowest BCUT2D eigenvalue weighted by atomic mass is 9.93. The molecule has 150 valence electrons. The minimum absolute atomic E-state index is 0.0497. The van der Waals surface area contributed by atoms with E-state index in [0.717, 1.165) is 42.0 Å². The van der Waals surface area contributed by atoms with E-state index in [9.17, 15) is 4.79 Å². The third-order valence-electron chi connectivity index (χ3n) is 6.10. The zero-order chi connectivity index (χ0) is 19.8. The van der Waals surface area contributed by atoms with Crippen LogP contribution in [-0.4, -0.2) is 54.1 Å². The molecule has 2 aliphatic rings. The van der Waals surface area contributed by atoms with Crippen molar-refractivity contribution in [2.45, 2.75) is 46.5 Å². The molecule has 6 nitrogen and oxygen atoms in total. The van der Waals surface area contributed by atoms with E-state index in [1.165, 1.54) is 28.7 Å². The van der Waals surface area contributed by atoms with Crippen LogP contribution in [0.5, 0.6) is 5.75 Å². The molecular formula is C22H29N3O3. The summed E-state index contributed by atoms with van der Waals surface area (Å²) in [6.45, 7) is 8.55. The summed E-state index contributed by atoms with van der Waals surface area (Å²) in [5, 5.41) is 4.59. The third kappa shape index (κ3) is 3.20. The van der Waals surface area contributed by atoms with Crippen LogP contribution in [0.15, 0.2) is 6.07 Å². The zero-order valence-electron chi connectivity index (χ0n) is 17.3. The van der Waals surface area contributed by atoms with Crippen molar-refractivity contribution in [2.75, 3.05) is 33.4 Å². The van der Waals surface area contributed by atoms with Crippen LogP contribution in [-0.2, 0) is 24.0 Å². The van der Waals surface area contributed by atoms with Crippen LogP contribution in [0.1, 0.15) is 45.6 Å². The fourth-order valence-electron chi connectivity index (χ4n) is 4.64. The van der Waals surface area contributed by atoms with E-state index in [-0.39, 0.29) is 6.03 Å². The monoisotopic (exact) mass is 383 g/mol. The molecule has 0 saturated carbocycles. The number of carbonyl (C=O) groups excluding carboxylic acids is 1. The number of morpholine rings is 1. The van der Waals surface area contributed by atoms with Gasteiger partial charge < -0.3 is 14.4 Å². The number of aryl methyl sites for hydroxylation is 2. The van der Waals surface area contributed by atoms with E-state index >= 15 is 0 Å².